The number of piperidine rings is 1. The van der Waals surface area contributed by atoms with Gasteiger partial charge in [0.2, 0.25) is 5.91 Å². The molecule has 1 saturated heterocycles. The summed E-state index contributed by atoms with van der Waals surface area (Å²) in [5.74, 6) is -0.0943. The molecule has 1 aliphatic heterocycles. The van der Waals surface area contributed by atoms with E-state index >= 15 is 0 Å². The normalized spacial score (nSPS) is 15.9. The maximum Gasteiger partial charge on any atom is 0.269 e. The molecule has 0 bridgehead atoms. The fourth-order valence-corrected chi connectivity index (χ4v) is 3.69. The van der Waals surface area contributed by atoms with Crippen LogP contribution in [0.25, 0.3) is 0 Å². The van der Waals surface area contributed by atoms with Crippen LogP contribution >= 0.6 is 0 Å². The number of hydrogen-bond donors (Lipinski definition) is 1. The Morgan fingerprint density at radius 3 is 2.19 bits per heavy atom. The number of nitro benzene ring substituents is 1. The maximum atomic E-state index is 13.2. The second-order valence-corrected chi connectivity index (χ2v) is 7.10. The third-order valence-corrected chi connectivity index (χ3v) is 5.15. The highest BCUT2D eigenvalue weighted by molar-refractivity contribution is 5.96. The largest absolute Gasteiger partial charge is 0.324 e. The summed E-state index contributed by atoms with van der Waals surface area (Å²) in [6, 6.07) is 11.8. The highest BCUT2D eigenvalue weighted by atomic mass is 16.6. The fraction of sp³-hybridized carbons (Fsp3) is 0.381. The van der Waals surface area contributed by atoms with Crippen molar-refractivity contribution >= 4 is 17.3 Å². The van der Waals surface area contributed by atoms with E-state index < -0.39 is 11.0 Å². The molecule has 142 valence electrons. The summed E-state index contributed by atoms with van der Waals surface area (Å²) >= 11 is 0. The molecule has 2 aromatic carbocycles. The van der Waals surface area contributed by atoms with E-state index in [1.165, 1.54) is 18.6 Å². The van der Waals surface area contributed by atoms with Gasteiger partial charge in [0.05, 0.1) is 4.92 Å². The number of nitrogens with zero attached hydrogens (tertiary/aromatic N) is 2. The number of nitrogens with one attached hydrogen (secondary N) is 1. The van der Waals surface area contributed by atoms with Gasteiger partial charge < -0.3 is 5.32 Å². The summed E-state index contributed by atoms with van der Waals surface area (Å²) in [7, 11) is 0. The Balaban J connectivity index is 1.91. The molecule has 6 heteroatoms. The van der Waals surface area contributed by atoms with Gasteiger partial charge in [0, 0.05) is 17.8 Å². The number of hydrogen-bond acceptors (Lipinski definition) is 4. The SMILES string of the molecule is Cc1cccc(C)c1NC(=O)[C@H](c1ccc([N+](=O)[O-])cc1)N1CCCCC1. The van der Waals surface area contributed by atoms with Crippen LogP contribution in [-0.2, 0) is 4.79 Å². The zero-order valence-electron chi connectivity index (χ0n) is 15.8. The second kappa shape index (κ2) is 8.31. The van der Waals surface area contributed by atoms with E-state index in [0.717, 1.165) is 48.3 Å². The van der Waals surface area contributed by atoms with Gasteiger partial charge in [-0.05, 0) is 56.5 Å². The number of aryl methyl sites for hydroxylation is 2. The third kappa shape index (κ3) is 4.34. The van der Waals surface area contributed by atoms with Crippen molar-refractivity contribution in [2.24, 2.45) is 0 Å². The van der Waals surface area contributed by atoms with E-state index in [4.69, 9.17) is 0 Å². The van der Waals surface area contributed by atoms with Gasteiger partial charge in [-0.1, -0.05) is 36.8 Å². The van der Waals surface area contributed by atoms with Crippen molar-refractivity contribution in [3.63, 3.8) is 0 Å². The van der Waals surface area contributed by atoms with Gasteiger partial charge >= 0.3 is 0 Å². The molecule has 1 atom stereocenters. The molecular weight excluding hydrogens is 342 g/mol. The molecule has 0 radical (unpaired) electrons. The first-order valence-corrected chi connectivity index (χ1v) is 9.33. The Kier molecular flexibility index (Phi) is 5.86. The molecule has 0 aromatic heterocycles. The summed E-state index contributed by atoms with van der Waals surface area (Å²) in [6.07, 6.45) is 3.28. The number of para-hydroxylation sites is 1. The molecule has 27 heavy (non-hydrogen) atoms. The van der Waals surface area contributed by atoms with E-state index in [1.807, 2.05) is 32.0 Å². The minimum Gasteiger partial charge on any atom is -0.324 e. The van der Waals surface area contributed by atoms with Gasteiger partial charge in [-0.3, -0.25) is 19.8 Å². The monoisotopic (exact) mass is 367 g/mol. The predicted octanol–water partition coefficient (Wildman–Crippen LogP) is 4.38. The van der Waals surface area contributed by atoms with Crippen LogP contribution in [0.15, 0.2) is 42.5 Å². The molecular formula is C21H25N3O3. The smallest absolute Gasteiger partial charge is 0.269 e. The lowest BCUT2D eigenvalue weighted by Gasteiger charge is -2.34. The maximum absolute atomic E-state index is 13.2. The quantitative estimate of drug-likeness (QED) is 0.629. The van der Waals surface area contributed by atoms with Crippen LogP contribution in [0, 0.1) is 24.0 Å². The minimum atomic E-state index is -0.454. The molecule has 3 rings (SSSR count). The van der Waals surface area contributed by atoms with Gasteiger partial charge in [0.25, 0.3) is 5.69 Å². The van der Waals surface area contributed by atoms with Crippen molar-refractivity contribution in [2.75, 3.05) is 18.4 Å². The van der Waals surface area contributed by atoms with Gasteiger partial charge in [-0.25, -0.2) is 0 Å². The molecule has 1 fully saturated rings. The lowest BCUT2D eigenvalue weighted by molar-refractivity contribution is -0.384. The average Bonchev–Trinajstić information content (AvgIpc) is 2.66. The van der Waals surface area contributed by atoms with Crippen LogP contribution in [0.2, 0.25) is 0 Å². The Labute approximate surface area is 159 Å². The first-order chi connectivity index (χ1) is 13.0. The van der Waals surface area contributed by atoms with Crippen LogP contribution in [0.4, 0.5) is 11.4 Å². The van der Waals surface area contributed by atoms with E-state index in [0.29, 0.717) is 0 Å². The lowest BCUT2D eigenvalue weighted by Crippen LogP contribution is -2.40. The summed E-state index contributed by atoms with van der Waals surface area (Å²) in [4.78, 5) is 26.0. The van der Waals surface area contributed by atoms with Crippen LogP contribution in [0.3, 0.4) is 0 Å². The van der Waals surface area contributed by atoms with Crippen molar-refractivity contribution < 1.29 is 9.72 Å². The number of amides is 1. The number of benzene rings is 2. The molecule has 1 amide bonds. The lowest BCUT2D eigenvalue weighted by atomic mass is 10.00. The van der Waals surface area contributed by atoms with Crippen LogP contribution < -0.4 is 5.32 Å². The molecule has 1 heterocycles. The van der Waals surface area contributed by atoms with Crippen molar-refractivity contribution in [2.45, 2.75) is 39.2 Å². The van der Waals surface area contributed by atoms with Crippen LogP contribution in [0.5, 0.6) is 0 Å². The second-order valence-electron chi connectivity index (χ2n) is 7.10. The molecule has 0 saturated carbocycles. The van der Waals surface area contributed by atoms with Crippen molar-refractivity contribution in [3.05, 3.63) is 69.3 Å². The number of carbonyl (C=O) groups excluding carboxylic acids is 1. The van der Waals surface area contributed by atoms with E-state index in [-0.39, 0.29) is 11.6 Å². The van der Waals surface area contributed by atoms with Crippen LogP contribution in [0.1, 0.15) is 42.0 Å². The molecule has 1 N–H and O–H groups in total. The molecule has 0 spiro atoms. The molecule has 0 aliphatic carbocycles. The number of rotatable bonds is 5. The zero-order chi connectivity index (χ0) is 19.4. The van der Waals surface area contributed by atoms with Gasteiger partial charge in [0.1, 0.15) is 6.04 Å². The fourth-order valence-electron chi connectivity index (χ4n) is 3.69. The van der Waals surface area contributed by atoms with E-state index in [9.17, 15) is 14.9 Å². The molecule has 2 aromatic rings. The Morgan fingerprint density at radius 1 is 1.04 bits per heavy atom. The number of nitro groups is 1. The number of anilines is 1. The first kappa shape index (κ1) is 19.0. The number of likely N-dealkylation sites (tertiary alicyclic amines) is 1. The Morgan fingerprint density at radius 2 is 1.63 bits per heavy atom. The Hall–Kier alpha value is -2.73. The topological polar surface area (TPSA) is 75.5 Å². The number of non-ortho nitro benzene ring substituents is 1. The number of carbonyl (C=O) groups is 1. The minimum absolute atomic E-state index is 0.0336. The van der Waals surface area contributed by atoms with Crippen LogP contribution in [-0.4, -0.2) is 28.8 Å². The van der Waals surface area contributed by atoms with E-state index in [2.05, 4.69) is 10.2 Å². The molecule has 6 nitrogen and oxygen atoms in total. The van der Waals surface area contributed by atoms with E-state index in [1.54, 1.807) is 12.1 Å². The first-order valence-electron chi connectivity index (χ1n) is 9.33. The molecule has 1 aliphatic rings. The van der Waals surface area contributed by atoms with Gasteiger partial charge in [-0.15, -0.1) is 0 Å². The third-order valence-electron chi connectivity index (χ3n) is 5.15. The van der Waals surface area contributed by atoms with Crippen molar-refractivity contribution in [1.29, 1.82) is 0 Å². The summed E-state index contributed by atoms with van der Waals surface area (Å²) < 4.78 is 0. The zero-order valence-corrected chi connectivity index (χ0v) is 15.8. The summed E-state index contributed by atoms with van der Waals surface area (Å²) in [5.41, 5.74) is 3.69. The predicted molar refractivity (Wildman–Crippen MR) is 106 cm³/mol. The van der Waals surface area contributed by atoms with Gasteiger partial charge in [0.15, 0.2) is 0 Å². The highest BCUT2D eigenvalue weighted by Gasteiger charge is 2.29. The summed E-state index contributed by atoms with van der Waals surface area (Å²) in [5, 5.41) is 14.0. The van der Waals surface area contributed by atoms with Crippen molar-refractivity contribution in [3.8, 4) is 0 Å². The van der Waals surface area contributed by atoms with Crippen molar-refractivity contribution in [1.82, 2.24) is 4.90 Å². The van der Waals surface area contributed by atoms with Gasteiger partial charge in [-0.2, -0.15) is 0 Å². The Bertz CT molecular complexity index is 807. The highest BCUT2D eigenvalue weighted by Crippen LogP contribution is 2.29. The molecule has 0 unspecified atom stereocenters. The summed E-state index contributed by atoms with van der Waals surface area (Å²) in [6.45, 7) is 5.65. The average molecular weight is 367 g/mol. The standard InChI is InChI=1S/C21H25N3O3/c1-15-7-6-8-16(2)19(15)22-21(25)20(23-13-4-3-5-14-23)17-9-11-18(12-10-17)24(26)27/h6-12,20H,3-5,13-14H2,1-2H3,(H,22,25)/t20-/m0/s1.